The molecular formula is C27H33ClN6O3. The first-order chi connectivity index (χ1) is 18.0. The molecule has 37 heavy (non-hydrogen) atoms. The maximum atomic E-state index is 13.2. The van der Waals surface area contributed by atoms with E-state index in [2.05, 4.69) is 10.3 Å². The summed E-state index contributed by atoms with van der Waals surface area (Å²) in [7, 11) is 1.58. The topological polar surface area (TPSA) is 102 Å². The lowest BCUT2D eigenvalue weighted by Gasteiger charge is -2.29. The molecule has 10 heteroatoms. The lowest BCUT2D eigenvalue weighted by molar-refractivity contribution is -0.134. The number of nitrogens with zero attached hydrogens (tertiary/aromatic N) is 5. The van der Waals surface area contributed by atoms with Crippen LogP contribution >= 0.6 is 11.6 Å². The molecule has 2 amide bonds. The van der Waals surface area contributed by atoms with E-state index in [-0.39, 0.29) is 17.9 Å². The van der Waals surface area contributed by atoms with Gasteiger partial charge in [0.2, 0.25) is 11.8 Å². The highest BCUT2D eigenvalue weighted by Gasteiger charge is 2.27. The van der Waals surface area contributed by atoms with E-state index in [1.54, 1.807) is 19.5 Å². The Balaban J connectivity index is 1.57. The van der Waals surface area contributed by atoms with Crippen LogP contribution in [0.25, 0.3) is 22.8 Å². The summed E-state index contributed by atoms with van der Waals surface area (Å²) in [5.41, 5.74) is 1.67. The van der Waals surface area contributed by atoms with E-state index >= 15 is 0 Å². The molecule has 1 N–H and O–H groups in total. The molecule has 0 unspecified atom stereocenters. The number of carbonyl (C=O) groups excluding carboxylic acids is 2. The van der Waals surface area contributed by atoms with Crippen LogP contribution < -0.4 is 10.1 Å². The second-order valence-corrected chi connectivity index (χ2v) is 9.59. The van der Waals surface area contributed by atoms with E-state index in [0.29, 0.717) is 54.9 Å². The van der Waals surface area contributed by atoms with E-state index in [4.69, 9.17) is 26.4 Å². The van der Waals surface area contributed by atoms with Crippen molar-refractivity contribution in [2.24, 2.45) is 0 Å². The molecule has 1 fully saturated rings. The molecule has 0 spiro atoms. The second-order valence-electron chi connectivity index (χ2n) is 9.18. The Morgan fingerprint density at radius 3 is 2.59 bits per heavy atom. The molecule has 2 heterocycles. The van der Waals surface area contributed by atoms with Gasteiger partial charge in [0.1, 0.15) is 5.75 Å². The summed E-state index contributed by atoms with van der Waals surface area (Å²) >= 11 is 6.42. The zero-order chi connectivity index (χ0) is 26.2. The van der Waals surface area contributed by atoms with Gasteiger partial charge in [-0.15, -0.1) is 0 Å². The molecule has 2 aromatic heterocycles. The number of aromatic nitrogens is 4. The molecule has 1 aromatic carbocycles. The van der Waals surface area contributed by atoms with Crippen molar-refractivity contribution in [1.82, 2.24) is 30.0 Å². The Kier molecular flexibility index (Phi) is 9.11. The zero-order valence-electron chi connectivity index (χ0n) is 21.3. The highest BCUT2D eigenvalue weighted by Crippen LogP contribution is 2.31. The molecule has 196 valence electrons. The van der Waals surface area contributed by atoms with Crippen molar-refractivity contribution in [3.8, 4) is 28.5 Å². The fraction of sp³-hybridized carbons (Fsp3) is 0.444. The minimum absolute atomic E-state index is 0.0811. The average molecular weight is 525 g/mol. The second kappa shape index (κ2) is 12.7. The fourth-order valence-electron chi connectivity index (χ4n) is 4.72. The number of hydrogen-bond acceptors (Lipinski definition) is 6. The van der Waals surface area contributed by atoms with Crippen LogP contribution in [0.5, 0.6) is 5.75 Å². The van der Waals surface area contributed by atoms with Crippen LogP contribution in [-0.2, 0) is 16.1 Å². The van der Waals surface area contributed by atoms with Crippen molar-refractivity contribution in [3.63, 3.8) is 0 Å². The SMILES string of the molecule is COc1ccc(-c2nc(-c3ccncc3)nn2CCN(C(=O)CCCNC(C)=O)C2CCCC2)cc1Cl. The maximum Gasteiger partial charge on any atom is 0.222 e. The standard InChI is InChI=1S/C27H33ClN6O3/c1-19(35)30-13-5-8-25(36)33(22-6-3-4-7-22)16-17-34-27(21-9-10-24(37-2)23(28)18-21)31-26(32-34)20-11-14-29-15-12-20/h9-12,14-15,18,22H,3-8,13,16-17H2,1-2H3,(H,30,35). The molecule has 0 atom stereocenters. The van der Waals surface area contributed by atoms with Gasteiger partial charge >= 0.3 is 0 Å². The lowest BCUT2D eigenvalue weighted by atomic mass is 10.1. The quantitative estimate of drug-likeness (QED) is 0.374. The molecule has 1 aliphatic rings. The van der Waals surface area contributed by atoms with Gasteiger partial charge in [0.15, 0.2) is 11.6 Å². The van der Waals surface area contributed by atoms with Crippen LogP contribution in [0.1, 0.15) is 45.4 Å². The van der Waals surface area contributed by atoms with Gasteiger partial charge in [-0.2, -0.15) is 5.10 Å². The molecule has 0 saturated heterocycles. The molecule has 0 aliphatic heterocycles. The fourth-order valence-corrected chi connectivity index (χ4v) is 4.97. The zero-order valence-corrected chi connectivity index (χ0v) is 22.1. The summed E-state index contributed by atoms with van der Waals surface area (Å²) in [6, 6.07) is 9.51. The summed E-state index contributed by atoms with van der Waals surface area (Å²) in [5.74, 6) is 1.87. The number of pyridine rings is 1. The summed E-state index contributed by atoms with van der Waals surface area (Å²) in [6.07, 6.45) is 8.72. The van der Waals surface area contributed by atoms with Crippen LogP contribution in [0.15, 0.2) is 42.7 Å². The van der Waals surface area contributed by atoms with Crippen molar-refractivity contribution < 1.29 is 14.3 Å². The van der Waals surface area contributed by atoms with E-state index < -0.39 is 0 Å². The number of nitrogens with one attached hydrogen (secondary N) is 1. The normalized spacial score (nSPS) is 13.5. The minimum atomic E-state index is -0.0811. The number of rotatable bonds is 11. The number of carbonyl (C=O) groups is 2. The van der Waals surface area contributed by atoms with Gasteiger partial charge in [-0.05, 0) is 49.6 Å². The number of amides is 2. The van der Waals surface area contributed by atoms with Gasteiger partial charge in [-0.1, -0.05) is 24.4 Å². The smallest absolute Gasteiger partial charge is 0.222 e. The average Bonchev–Trinajstić information content (AvgIpc) is 3.58. The van der Waals surface area contributed by atoms with E-state index in [9.17, 15) is 9.59 Å². The number of methoxy groups -OCH3 is 1. The van der Waals surface area contributed by atoms with Gasteiger partial charge in [0.25, 0.3) is 0 Å². The predicted octanol–water partition coefficient (Wildman–Crippen LogP) is 4.36. The van der Waals surface area contributed by atoms with Crippen LogP contribution in [0.2, 0.25) is 5.02 Å². The van der Waals surface area contributed by atoms with E-state index in [0.717, 1.165) is 36.8 Å². The third kappa shape index (κ3) is 6.85. The van der Waals surface area contributed by atoms with Crippen LogP contribution in [0.3, 0.4) is 0 Å². The van der Waals surface area contributed by atoms with Crippen molar-refractivity contribution >= 4 is 23.4 Å². The first-order valence-electron chi connectivity index (χ1n) is 12.7. The molecule has 1 saturated carbocycles. The van der Waals surface area contributed by atoms with E-state index in [1.165, 1.54) is 6.92 Å². The Bertz CT molecular complexity index is 1210. The summed E-state index contributed by atoms with van der Waals surface area (Å²) in [5, 5.41) is 8.06. The Labute approximate surface area is 222 Å². The van der Waals surface area contributed by atoms with Gasteiger partial charge in [0.05, 0.1) is 18.7 Å². The summed E-state index contributed by atoms with van der Waals surface area (Å²) in [4.78, 5) is 35.3. The Hall–Kier alpha value is -3.46. The van der Waals surface area contributed by atoms with E-state index in [1.807, 2.05) is 39.9 Å². The summed E-state index contributed by atoms with van der Waals surface area (Å²) < 4.78 is 7.15. The molecule has 3 aromatic rings. The van der Waals surface area contributed by atoms with Crippen molar-refractivity contribution in [2.45, 2.75) is 58.0 Å². The first kappa shape index (κ1) is 26.6. The molecule has 1 aliphatic carbocycles. The van der Waals surface area contributed by atoms with Gasteiger partial charge in [-0.3, -0.25) is 14.6 Å². The number of ether oxygens (including phenoxy) is 1. The van der Waals surface area contributed by atoms with Crippen molar-refractivity contribution in [2.75, 3.05) is 20.2 Å². The molecular weight excluding hydrogens is 492 g/mol. The van der Waals surface area contributed by atoms with Crippen LogP contribution in [0, 0.1) is 0 Å². The van der Waals surface area contributed by atoms with Gasteiger partial charge in [0, 0.05) is 56.0 Å². The highest BCUT2D eigenvalue weighted by molar-refractivity contribution is 6.32. The van der Waals surface area contributed by atoms with Crippen LogP contribution in [0.4, 0.5) is 0 Å². The molecule has 0 radical (unpaired) electrons. The molecule has 4 rings (SSSR count). The molecule has 0 bridgehead atoms. The van der Waals surface area contributed by atoms with Crippen molar-refractivity contribution in [1.29, 1.82) is 0 Å². The third-order valence-electron chi connectivity index (χ3n) is 6.60. The van der Waals surface area contributed by atoms with Gasteiger partial charge in [-0.25, -0.2) is 9.67 Å². The lowest BCUT2D eigenvalue weighted by Crippen LogP contribution is -2.41. The minimum Gasteiger partial charge on any atom is -0.495 e. The summed E-state index contributed by atoms with van der Waals surface area (Å²) in [6.45, 7) is 3.00. The number of benzene rings is 1. The predicted molar refractivity (Wildman–Crippen MR) is 142 cm³/mol. The highest BCUT2D eigenvalue weighted by atomic mass is 35.5. The first-order valence-corrected chi connectivity index (χ1v) is 13.1. The van der Waals surface area contributed by atoms with Crippen LogP contribution in [-0.4, -0.2) is 62.7 Å². The Morgan fingerprint density at radius 1 is 1.16 bits per heavy atom. The number of hydrogen-bond donors (Lipinski definition) is 1. The maximum absolute atomic E-state index is 13.2. The largest absolute Gasteiger partial charge is 0.495 e. The number of halogens is 1. The third-order valence-corrected chi connectivity index (χ3v) is 6.90. The molecule has 9 nitrogen and oxygen atoms in total. The van der Waals surface area contributed by atoms with Crippen molar-refractivity contribution in [3.05, 3.63) is 47.7 Å². The Morgan fingerprint density at radius 2 is 1.92 bits per heavy atom. The monoisotopic (exact) mass is 524 g/mol. The van der Waals surface area contributed by atoms with Gasteiger partial charge < -0.3 is 15.0 Å².